The number of hydrogen-bond acceptors (Lipinski definition) is 6. The fourth-order valence-corrected chi connectivity index (χ4v) is 4.01. The first-order valence-electron chi connectivity index (χ1n) is 8.10. The molecule has 0 fully saturated rings. The molecule has 1 amide bonds. The number of phenols is 1. The summed E-state index contributed by atoms with van der Waals surface area (Å²) in [5, 5.41) is 10.5. The number of sulfone groups is 1. The van der Waals surface area contributed by atoms with E-state index < -0.39 is 34.4 Å². The molecule has 0 aliphatic carbocycles. The zero-order valence-electron chi connectivity index (χ0n) is 14.2. The van der Waals surface area contributed by atoms with Crippen LogP contribution in [0.3, 0.4) is 0 Å². The van der Waals surface area contributed by atoms with E-state index in [4.69, 9.17) is 4.74 Å². The third-order valence-corrected chi connectivity index (χ3v) is 5.33. The van der Waals surface area contributed by atoms with Crippen LogP contribution in [0.5, 0.6) is 5.75 Å². The van der Waals surface area contributed by atoms with Gasteiger partial charge in [0.15, 0.2) is 16.4 Å². The maximum Gasteiger partial charge on any atom is 0.338 e. The van der Waals surface area contributed by atoms with Crippen LogP contribution in [0.1, 0.15) is 10.4 Å². The van der Waals surface area contributed by atoms with Gasteiger partial charge in [0.25, 0.3) is 5.91 Å². The van der Waals surface area contributed by atoms with Crippen molar-refractivity contribution >= 4 is 27.4 Å². The molecule has 3 rings (SSSR count). The van der Waals surface area contributed by atoms with Crippen LogP contribution in [0.25, 0.3) is 0 Å². The molecule has 0 bridgehead atoms. The van der Waals surface area contributed by atoms with Crippen molar-refractivity contribution in [1.29, 1.82) is 0 Å². The quantitative estimate of drug-likeness (QED) is 0.787. The Kier molecular flexibility index (Phi) is 5.27. The predicted octanol–water partition coefficient (Wildman–Crippen LogP) is 1.89. The zero-order valence-corrected chi connectivity index (χ0v) is 15.0. The number of esters is 1. The van der Waals surface area contributed by atoms with Crippen LogP contribution in [0, 0.1) is 0 Å². The van der Waals surface area contributed by atoms with Crippen LogP contribution >= 0.6 is 0 Å². The van der Waals surface area contributed by atoms with E-state index in [9.17, 15) is 23.1 Å². The number of amides is 1. The van der Waals surface area contributed by atoms with Gasteiger partial charge in [-0.3, -0.25) is 4.79 Å². The number of nitrogens with zero attached hydrogens (tertiary/aromatic N) is 1. The minimum atomic E-state index is -3.37. The maximum atomic E-state index is 12.7. The molecule has 1 heterocycles. The Hall–Kier alpha value is -3.13. The van der Waals surface area contributed by atoms with Gasteiger partial charge >= 0.3 is 5.97 Å². The Bertz CT molecular complexity index is 984. The number of rotatable bonds is 5. The summed E-state index contributed by atoms with van der Waals surface area (Å²) in [5.74, 6) is -1.64. The monoisotopic (exact) mass is 387 g/mol. The molecule has 140 valence electrons. The van der Waals surface area contributed by atoms with Gasteiger partial charge in [-0.2, -0.15) is 0 Å². The van der Waals surface area contributed by atoms with Crippen molar-refractivity contribution < 1.29 is 27.9 Å². The number of para-hydroxylation sites is 1. The Morgan fingerprint density at radius 1 is 1.11 bits per heavy atom. The van der Waals surface area contributed by atoms with E-state index in [1.165, 1.54) is 35.2 Å². The second-order valence-corrected chi connectivity index (χ2v) is 7.88. The van der Waals surface area contributed by atoms with Gasteiger partial charge in [-0.05, 0) is 36.4 Å². The van der Waals surface area contributed by atoms with Gasteiger partial charge < -0.3 is 14.7 Å². The molecule has 0 saturated heterocycles. The highest BCUT2D eigenvalue weighted by atomic mass is 32.2. The topological polar surface area (TPSA) is 101 Å². The summed E-state index contributed by atoms with van der Waals surface area (Å²) in [6.45, 7) is -0.562. The molecule has 2 aromatic carbocycles. The van der Waals surface area contributed by atoms with E-state index in [-0.39, 0.29) is 17.1 Å². The number of ether oxygens (including phenoxy) is 1. The molecule has 0 saturated carbocycles. The number of phenolic OH excluding ortho intramolecular Hbond substituents is 1. The highest BCUT2D eigenvalue weighted by Gasteiger charge is 2.31. The number of anilines is 1. The molecule has 8 heteroatoms. The predicted molar refractivity (Wildman–Crippen MR) is 99.0 cm³/mol. The number of benzene rings is 2. The van der Waals surface area contributed by atoms with Crippen molar-refractivity contribution in [2.45, 2.75) is 6.04 Å². The van der Waals surface area contributed by atoms with Crippen LogP contribution in [0.4, 0.5) is 5.69 Å². The van der Waals surface area contributed by atoms with Crippen LogP contribution in [-0.2, 0) is 19.4 Å². The van der Waals surface area contributed by atoms with E-state index in [0.717, 1.165) is 5.41 Å². The Morgan fingerprint density at radius 3 is 2.48 bits per heavy atom. The molecular weight excluding hydrogens is 370 g/mol. The smallest absolute Gasteiger partial charge is 0.338 e. The largest absolute Gasteiger partial charge is 0.508 e. The highest BCUT2D eigenvalue weighted by Crippen LogP contribution is 2.23. The number of aromatic hydroxyl groups is 1. The number of carbonyl (C=O) groups is 2. The fraction of sp³-hybridized carbons (Fsp3) is 0.158. The minimum Gasteiger partial charge on any atom is -0.508 e. The molecule has 0 spiro atoms. The van der Waals surface area contributed by atoms with Gasteiger partial charge in [0.2, 0.25) is 0 Å². The summed E-state index contributed by atoms with van der Waals surface area (Å²) < 4.78 is 28.5. The lowest BCUT2D eigenvalue weighted by Gasteiger charge is -2.27. The van der Waals surface area contributed by atoms with E-state index in [1.54, 1.807) is 30.3 Å². The molecule has 1 aliphatic rings. The molecule has 2 aromatic rings. The molecule has 7 nitrogen and oxygen atoms in total. The van der Waals surface area contributed by atoms with Gasteiger partial charge in [-0.1, -0.05) is 24.3 Å². The van der Waals surface area contributed by atoms with Gasteiger partial charge in [-0.15, -0.1) is 0 Å². The average molecular weight is 387 g/mol. The second-order valence-electron chi connectivity index (χ2n) is 5.95. The SMILES string of the molecule is O=C(OCC(=O)N(c1ccccc1)C1C=CS(=O)(=O)C1)c1cccc(O)c1. The number of carbonyl (C=O) groups excluding carboxylic acids is 2. The zero-order chi connectivity index (χ0) is 19.4. The molecule has 1 unspecified atom stereocenters. The van der Waals surface area contributed by atoms with E-state index in [1.807, 2.05) is 0 Å². The lowest BCUT2D eigenvalue weighted by Crippen LogP contribution is -2.43. The summed E-state index contributed by atoms with van der Waals surface area (Å²) in [5.41, 5.74) is 0.611. The van der Waals surface area contributed by atoms with Gasteiger partial charge in [0.05, 0.1) is 17.4 Å². The van der Waals surface area contributed by atoms with E-state index >= 15 is 0 Å². The Morgan fingerprint density at radius 2 is 1.85 bits per heavy atom. The lowest BCUT2D eigenvalue weighted by molar-refractivity contribution is -0.121. The van der Waals surface area contributed by atoms with Crippen LogP contribution in [0.2, 0.25) is 0 Å². The second kappa shape index (κ2) is 7.63. The molecular formula is C19H17NO6S. The first kappa shape index (κ1) is 18.7. The standard InChI is InChI=1S/C19H17NO6S/c21-17-8-4-5-14(11-17)19(23)26-12-18(22)20(15-6-2-1-3-7-15)16-9-10-27(24,25)13-16/h1-11,16,21H,12-13H2. The normalized spacial score (nSPS) is 17.4. The molecule has 1 atom stereocenters. The van der Waals surface area contributed by atoms with Crippen molar-refractivity contribution in [1.82, 2.24) is 0 Å². The molecule has 1 N–H and O–H groups in total. The summed E-state index contributed by atoms with van der Waals surface area (Å²) in [4.78, 5) is 26.1. The maximum absolute atomic E-state index is 12.7. The van der Waals surface area contributed by atoms with Crippen molar-refractivity contribution in [2.75, 3.05) is 17.3 Å². The minimum absolute atomic E-state index is 0.0945. The Balaban J connectivity index is 1.76. The molecule has 0 aromatic heterocycles. The van der Waals surface area contributed by atoms with Crippen molar-refractivity contribution in [3.05, 3.63) is 71.6 Å². The highest BCUT2D eigenvalue weighted by molar-refractivity contribution is 7.94. The molecule has 0 radical (unpaired) electrons. The third kappa shape index (κ3) is 4.53. The van der Waals surface area contributed by atoms with Crippen molar-refractivity contribution in [2.24, 2.45) is 0 Å². The summed E-state index contributed by atoms with van der Waals surface area (Å²) in [7, 11) is -3.37. The third-order valence-electron chi connectivity index (χ3n) is 3.95. The van der Waals surface area contributed by atoms with Crippen molar-refractivity contribution in [3.63, 3.8) is 0 Å². The van der Waals surface area contributed by atoms with Crippen LogP contribution in [-0.4, -0.2) is 43.8 Å². The van der Waals surface area contributed by atoms with Crippen LogP contribution < -0.4 is 4.90 Å². The number of hydrogen-bond donors (Lipinski definition) is 1. The van der Waals surface area contributed by atoms with E-state index in [2.05, 4.69) is 0 Å². The Labute approximate surface area is 156 Å². The van der Waals surface area contributed by atoms with Gasteiger partial charge in [0.1, 0.15) is 5.75 Å². The first-order valence-corrected chi connectivity index (χ1v) is 9.81. The van der Waals surface area contributed by atoms with Gasteiger partial charge in [-0.25, -0.2) is 13.2 Å². The van der Waals surface area contributed by atoms with Crippen LogP contribution in [0.15, 0.2) is 66.1 Å². The summed E-state index contributed by atoms with van der Waals surface area (Å²) >= 11 is 0. The van der Waals surface area contributed by atoms with Crippen molar-refractivity contribution in [3.8, 4) is 5.75 Å². The van der Waals surface area contributed by atoms with Gasteiger partial charge in [0, 0.05) is 11.1 Å². The molecule has 27 heavy (non-hydrogen) atoms. The average Bonchev–Trinajstić information content (AvgIpc) is 3.00. The summed E-state index contributed by atoms with van der Waals surface area (Å²) in [6, 6.07) is 13.5. The fourth-order valence-electron chi connectivity index (χ4n) is 2.74. The lowest BCUT2D eigenvalue weighted by atomic mass is 10.2. The first-order chi connectivity index (χ1) is 12.9. The van der Waals surface area contributed by atoms with E-state index in [0.29, 0.717) is 5.69 Å². The summed E-state index contributed by atoms with van der Waals surface area (Å²) in [6.07, 6.45) is 1.44. The molecule has 1 aliphatic heterocycles.